The van der Waals surface area contributed by atoms with E-state index in [1.807, 2.05) is 0 Å². The summed E-state index contributed by atoms with van der Waals surface area (Å²) in [7, 11) is 0. The SMILES string of the molecule is NC(c1ccc(F)cc1)c1cc(F)cc(C(F)(F)F)c1.ON=C(c1ccc(F)cc1)c1cc(F)cc(C(F)(F)F)c1. The first kappa shape index (κ1) is 31.1. The maximum atomic E-state index is 13.3. The van der Waals surface area contributed by atoms with Crippen LogP contribution in [-0.4, -0.2) is 10.9 Å². The Kier molecular flexibility index (Phi) is 9.43. The molecule has 13 heteroatoms. The molecule has 0 saturated carbocycles. The summed E-state index contributed by atoms with van der Waals surface area (Å²) < 4.78 is 128. The van der Waals surface area contributed by atoms with Crippen LogP contribution >= 0.6 is 0 Å². The van der Waals surface area contributed by atoms with Gasteiger partial charge in [-0.15, -0.1) is 0 Å². The number of halogens is 10. The lowest BCUT2D eigenvalue weighted by molar-refractivity contribution is -0.138. The smallest absolute Gasteiger partial charge is 0.410 e. The molecule has 3 nitrogen and oxygen atoms in total. The van der Waals surface area contributed by atoms with E-state index in [9.17, 15) is 43.9 Å². The molecule has 1 unspecified atom stereocenters. The highest BCUT2D eigenvalue weighted by Gasteiger charge is 2.33. The summed E-state index contributed by atoms with van der Waals surface area (Å²) >= 11 is 0. The van der Waals surface area contributed by atoms with Gasteiger partial charge in [-0.1, -0.05) is 17.3 Å². The Morgan fingerprint density at radius 3 is 1.51 bits per heavy atom. The van der Waals surface area contributed by atoms with Crippen LogP contribution < -0.4 is 5.73 Å². The Balaban J connectivity index is 0.000000226. The van der Waals surface area contributed by atoms with Crippen molar-refractivity contribution < 1.29 is 49.1 Å². The molecule has 0 aliphatic rings. The van der Waals surface area contributed by atoms with Crippen molar-refractivity contribution in [1.82, 2.24) is 0 Å². The molecule has 4 aromatic carbocycles. The van der Waals surface area contributed by atoms with E-state index < -0.39 is 52.8 Å². The first-order chi connectivity index (χ1) is 19.1. The summed E-state index contributed by atoms with van der Waals surface area (Å²) in [5.74, 6) is -3.20. The van der Waals surface area contributed by atoms with Crippen LogP contribution in [-0.2, 0) is 12.4 Å². The molecule has 41 heavy (non-hydrogen) atoms. The molecule has 0 bridgehead atoms. The molecule has 0 spiro atoms. The molecule has 0 amide bonds. The van der Waals surface area contributed by atoms with Gasteiger partial charge in [-0.05, 0) is 83.9 Å². The Labute approximate surface area is 226 Å². The zero-order valence-corrected chi connectivity index (χ0v) is 20.4. The van der Waals surface area contributed by atoms with Gasteiger partial charge in [0.1, 0.15) is 29.0 Å². The van der Waals surface area contributed by atoms with Crippen molar-refractivity contribution in [3.05, 3.63) is 142 Å². The maximum Gasteiger partial charge on any atom is 0.416 e. The fourth-order valence-corrected chi connectivity index (χ4v) is 3.60. The van der Waals surface area contributed by atoms with Gasteiger partial charge < -0.3 is 10.9 Å². The van der Waals surface area contributed by atoms with Gasteiger partial charge in [0.2, 0.25) is 0 Å². The Morgan fingerprint density at radius 1 is 0.561 bits per heavy atom. The van der Waals surface area contributed by atoms with E-state index in [4.69, 9.17) is 10.9 Å². The molecular weight excluding hydrogens is 570 g/mol. The second kappa shape index (κ2) is 12.4. The molecule has 4 aromatic rings. The molecule has 0 aliphatic carbocycles. The largest absolute Gasteiger partial charge is 0.416 e. The van der Waals surface area contributed by atoms with Gasteiger partial charge in [0, 0.05) is 11.1 Å². The van der Waals surface area contributed by atoms with Gasteiger partial charge in [0.05, 0.1) is 17.2 Å². The predicted molar refractivity (Wildman–Crippen MR) is 129 cm³/mol. The second-order valence-electron chi connectivity index (χ2n) is 8.48. The predicted octanol–water partition coefficient (Wildman–Crippen LogP) is 8.24. The fraction of sp³-hybridized carbons (Fsp3) is 0.107. The van der Waals surface area contributed by atoms with E-state index in [-0.39, 0.29) is 22.4 Å². The van der Waals surface area contributed by atoms with Crippen LogP contribution in [0.1, 0.15) is 39.4 Å². The van der Waals surface area contributed by atoms with Crippen LogP contribution in [0.15, 0.2) is 90.1 Å². The number of hydrogen-bond acceptors (Lipinski definition) is 3. The van der Waals surface area contributed by atoms with E-state index in [0.717, 1.165) is 42.5 Å². The molecule has 1 atom stereocenters. The van der Waals surface area contributed by atoms with Crippen LogP contribution in [0.25, 0.3) is 0 Å². The molecule has 3 N–H and O–H groups in total. The molecule has 0 aromatic heterocycles. The van der Waals surface area contributed by atoms with Gasteiger partial charge in [0.25, 0.3) is 0 Å². The molecule has 0 radical (unpaired) electrons. The molecule has 216 valence electrons. The number of oxime groups is 1. The standard InChI is InChI=1S/C14H8F5NO.C14H10F5N/c15-11-3-1-8(2-4-11)13(20-21)9-5-10(14(17,18)19)7-12(16)6-9;15-11-3-1-8(2-4-11)13(20)9-5-10(14(17,18)19)7-12(16)6-9/h1-7,21H;1-7,13H,20H2. The van der Waals surface area contributed by atoms with Crippen molar-refractivity contribution in [2.45, 2.75) is 18.4 Å². The van der Waals surface area contributed by atoms with Crippen molar-refractivity contribution in [3.63, 3.8) is 0 Å². The van der Waals surface area contributed by atoms with E-state index in [2.05, 4.69) is 5.16 Å². The van der Waals surface area contributed by atoms with Crippen LogP contribution in [0.2, 0.25) is 0 Å². The number of rotatable bonds is 4. The summed E-state index contributed by atoms with van der Waals surface area (Å²) in [5.41, 5.74) is 3.44. The van der Waals surface area contributed by atoms with Crippen molar-refractivity contribution in [2.75, 3.05) is 0 Å². The average Bonchev–Trinajstić information content (AvgIpc) is 2.89. The third-order valence-electron chi connectivity index (χ3n) is 5.55. The molecule has 0 fully saturated rings. The summed E-state index contributed by atoms with van der Waals surface area (Å²) in [5, 5.41) is 11.9. The lowest BCUT2D eigenvalue weighted by Gasteiger charge is -2.15. The number of nitrogens with two attached hydrogens (primary N) is 1. The topological polar surface area (TPSA) is 58.6 Å². The van der Waals surface area contributed by atoms with E-state index in [0.29, 0.717) is 23.8 Å². The minimum atomic E-state index is -4.74. The van der Waals surface area contributed by atoms with Crippen LogP contribution in [0, 0.1) is 23.3 Å². The van der Waals surface area contributed by atoms with Gasteiger partial charge in [-0.25, -0.2) is 17.6 Å². The first-order valence-electron chi connectivity index (χ1n) is 11.3. The number of nitrogens with zero attached hydrogens (tertiary/aromatic N) is 1. The minimum Gasteiger partial charge on any atom is -0.410 e. The Hall–Kier alpha value is -4.39. The van der Waals surface area contributed by atoms with E-state index >= 15 is 0 Å². The van der Waals surface area contributed by atoms with Crippen LogP contribution in [0.4, 0.5) is 43.9 Å². The lowest BCUT2D eigenvalue weighted by Crippen LogP contribution is -2.14. The highest BCUT2D eigenvalue weighted by atomic mass is 19.4. The van der Waals surface area contributed by atoms with Crippen LogP contribution in [0.5, 0.6) is 0 Å². The van der Waals surface area contributed by atoms with Gasteiger partial charge in [-0.2, -0.15) is 26.3 Å². The monoisotopic (exact) mass is 588 g/mol. The van der Waals surface area contributed by atoms with Gasteiger partial charge in [-0.3, -0.25) is 0 Å². The van der Waals surface area contributed by atoms with E-state index in [1.165, 1.54) is 24.3 Å². The molecule has 0 aliphatic heterocycles. The van der Waals surface area contributed by atoms with Crippen LogP contribution in [0.3, 0.4) is 0 Å². The molecule has 0 saturated heterocycles. The zero-order valence-electron chi connectivity index (χ0n) is 20.4. The van der Waals surface area contributed by atoms with Crippen molar-refractivity contribution in [1.29, 1.82) is 0 Å². The van der Waals surface area contributed by atoms with Gasteiger partial charge >= 0.3 is 12.4 Å². The fourth-order valence-electron chi connectivity index (χ4n) is 3.60. The first-order valence-corrected chi connectivity index (χ1v) is 11.3. The Morgan fingerprint density at radius 2 is 1.02 bits per heavy atom. The summed E-state index contributed by atoms with van der Waals surface area (Å²) in [6, 6.07) is 12.4. The third kappa shape index (κ3) is 8.30. The van der Waals surface area contributed by atoms with E-state index in [1.54, 1.807) is 0 Å². The minimum absolute atomic E-state index is 0.0241. The average molecular weight is 588 g/mol. The summed E-state index contributed by atoms with van der Waals surface area (Å²) in [4.78, 5) is 0. The number of benzene rings is 4. The van der Waals surface area contributed by atoms with Crippen molar-refractivity contribution in [2.24, 2.45) is 10.9 Å². The quantitative estimate of drug-likeness (QED) is 0.109. The molecule has 4 rings (SSSR count). The van der Waals surface area contributed by atoms with Crippen molar-refractivity contribution in [3.8, 4) is 0 Å². The normalized spacial score (nSPS) is 12.9. The zero-order chi connectivity index (χ0) is 30.5. The number of hydrogen-bond donors (Lipinski definition) is 2. The second-order valence-corrected chi connectivity index (χ2v) is 8.48. The highest BCUT2D eigenvalue weighted by molar-refractivity contribution is 6.12. The highest BCUT2D eigenvalue weighted by Crippen LogP contribution is 2.33. The maximum absolute atomic E-state index is 13.3. The summed E-state index contributed by atoms with van der Waals surface area (Å²) in [6.45, 7) is 0. The van der Waals surface area contributed by atoms with Crippen molar-refractivity contribution >= 4 is 5.71 Å². The molecular formula is C28H18F10N2O. The Bertz CT molecular complexity index is 1510. The molecule has 0 heterocycles. The van der Waals surface area contributed by atoms with Gasteiger partial charge in [0.15, 0.2) is 0 Å². The third-order valence-corrected chi connectivity index (χ3v) is 5.55. The number of alkyl halides is 6. The summed E-state index contributed by atoms with van der Waals surface area (Å²) in [6.07, 6.45) is -9.39. The lowest BCUT2D eigenvalue weighted by atomic mass is 9.97.